The summed E-state index contributed by atoms with van der Waals surface area (Å²) in [7, 11) is 0. The molecule has 0 saturated heterocycles. The third-order valence-corrected chi connectivity index (χ3v) is 2.88. The molecule has 1 nitrogen and oxygen atoms in total. The Morgan fingerprint density at radius 1 is 0.778 bits per heavy atom. The summed E-state index contributed by atoms with van der Waals surface area (Å²) in [5, 5.41) is 3.50. The first-order valence-electron chi connectivity index (χ1n) is 6.44. The molecule has 0 aromatic heterocycles. The molecule has 2 aromatic rings. The number of hydrogen-bond acceptors (Lipinski definition) is 1. The number of rotatable bonds is 3. The minimum Gasteiger partial charge on any atom is -0.308 e. The van der Waals surface area contributed by atoms with Gasteiger partial charge in [0.25, 0.3) is 0 Å². The Labute approximate surface area is 110 Å². The van der Waals surface area contributed by atoms with E-state index in [2.05, 4.69) is 74.6 Å². The molecule has 0 heterocycles. The first kappa shape index (κ1) is 12.8. The first-order valence-corrected chi connectivity index (χ1v) is 6.44. The zero-order valence-electron chi connectivity index (χ0n) is 11.4. The Bertz CT molecular complexity index is 477. The van der Waals surface area contributed by atoms with Crippen molar-refractivity contribution in [2.24, 2.45) is 0 Å². The van der Waals surface area contributed by atoms with E-state index in [0.29, 0.717) is 0 Å². The molecule has 0 radical (unpaired) electrons. The van der Waals surface area contributed by atoms with Crippen molar-refractivity contribution in [2.75, 3.05) is 0 Å². The lowest BCUT2D eigenvalue weighted by Crippen LogP contribution is -2.35. The Morgan fingerprint density at radius 3 is 1.89 bits per heavy atom. The Morgan fingerprint density at radius 2 is 1.33 bits per heavy atom. The van der Waals surface area contributed by atoms with E-state index in [9.17, 15) is 0 Å². The van der Waals surface area contributed by atoms with Crippen LogP contribution in [-0.2, 0) is 6.54 Å². The van der Waals surface area contributed by atoms with Crippen molar-refractivity contribution in [3.8, 4) is 11.1 Å². The fourth-order valence-corrected chi connectivity index (χ4v) is 1.81. The molecule has 0 spiro atoms. The number of benzene rings is 2. The van der Waals surface area contributed by atoms with Gasteiger partial charge in [0.15, 0.2) is 0 Å². The Balaban J connectivity index is 2.07. The molecule has 0 atom stereocenters. The summed E-state index contributed by atoms with van der Waals surface area (Å²) in [5.41, 5.74) is 4.03. The van der Waals surface area contributed by atoms with E-state index in [1.165, 1.54) is 16.7 Å². The van der Waals surface area contributed by atoms with Crippen molar-refractivity contribution in [3.63, 3.8) is 0 Å². The van der Waals surface area contributed by atoms with Crippen molar-refractivity contribution in [3.05, 3.63) is 60.2 Å². The third-order valence-electron chi connectivity index (χ3n) is 2.88. The van der Waals surface area contributed by atoms with E-state index in [1.54, 1.807) is 0 Å². The Hall–Kier alpha value is -1.60. The van der Waals surface area contributed by atoms with E-state index in [1.807, 2.05) is 6.07 Å². The van der Waals surface area contributed by atoms with Crippen LogP contribution in [0.2, 0.25) is 0 Å². The SMILES string of the molecule is CC(C)(C)NCc1ccc(-c2ccccc2)cc1. The average Bonchev–Trinajstić information content (AvgIpc) is 2.37. The van der Waals surface area contributed by atoms with Crippen LogP contribution in [0.5, 0.6) is 0 Å². The molecule has 0 bridgehead atoms. The molecule has 0 amide bonds. The van der Waals surface area contributed by atoms with Gasteiger partial charge in [0.1, 0.15) is 0 Å². The van der Waals surface area contributed by atoms with Crippen molar-refractivity contribution in [2.45, 2.75) is 32.9 Å². The quantitative estimate of drug-likeness (QED) is 0.844. The summed E-state index contributed by atoms with van der Waals surface area (Å²) in [5.74, 6) is 0. The summed E-state index contributed by atoms with van der Waals surface area (Å²) < 4.78 is 0. The van der Waals surface area contributed by atoms with Gasteiger partial charge >= 0.3 is 0 Å². The van der Waals surface area contributed by atoms with Crippen molar-refractivity contribution >= 4 is 0 Å². The van der Waals surface area contributed by atoms with Gasteiger partial charge in [-0.05, 0) is 37.5 Å². The first-order chi connectivity index (χ1) is 8.54. The lowest BCUT2D eigenvalue weighted by atomic mass is 10.0. The van der Waals surface area contributed by atoms with E-state index in [0.717, 1.165) is 6.54 Å². The second kappa shape index (κ2) is 5.36. The average molecular weight is 239 g/mol. The minimum absolute atomic E-state index is 0.165. The lowest BCUT2D eigenvalue weighted by Gasteiger charge is -2.20. The minimum atomic E-state index is 0.165. The highest BCUT2D eigenvalue weighted by atomic mass is 14.9. The van der Waals surface area contributed by atoms with E-state index < -0.39 is 0 Å². The maximum Gasteiger partial charge on any atom is 0.0210 e. The standard InChI is InChI=1S/C17H21N/c1-17(2,3)18-13-14-9-11-16(12-10-14)15-7-5-4-6-8-15/h4-12,18H,13H2,1-3H3. The number of hydrogen-bond donors (Lipinski definition) is 1. The molecule has 1 N–H and O–H groups in total. The molecule has 94 valence electrons. The molecule has 0 aliphatic heterocycles. The molecule has 2 aromatic carbocycles. The van der Waals surface area contributed by atoms with Crippen LogP contribution in [0.1, 0.15) is 26.3 Å². The maximum atomic E-state index is 3.50. The van der Waals surface area contributed by atoms with Gasteiger partial charge in [0.2, 0.25) is 0 Å². The fraction of sp³-hybridized carbons (Fsp3) is 0.294. The van der Waals surface area contributed by atoms with Crippen LogP contribution in [0, 0.1) is 0 Å². The lowest BCUT2D eigenvalue weighted by molar-refractivity contribution is 0.424. The molecule has 0 fully saturated rings. The van der Waals surface area contributed by atoms with Gasteiger partial charge in [-0.1, -0.05) is 54.6 Å². The summed E-state index contributed by atoms with van der Waals surface area (Å²) in [6, 6.07) is 19.2. The van der Waals surface area contributed by atoms with Crippen LogP contribution in [0.3, 0.4) is 0 Å². The second-order valence-electron chi connectivity index (χ2n) is 5.67. The van der Waals surface area contributed by atoms with Crippen LogP contribution >= 0.6 is 0 Å². The number of nitrogens with one attached hydrogen (secondary N) is 1. The van der Waals surface area contributed by atoms with E-state index in [-0.39, 0.29) is 5.54 Å². The molecular formula is C17H21N. The van der Waals surface area contributed by atoms with Gasteiger partial charge < -0.3 is 5.32 Å². The van der Waals surface area contributed by atoms with Crippen molar-refractivity contribution < 1.29 is 0 Å². The Kier molecular flexibility index (Phi) is 3.83. The molecule has 0 aliphatic carbocycles. The van der Waals surface area contributed by atoms with Gasteiger partial charge in [0, 0.05) is 12.1 Å². The molecule has 2 rings (SSSR count). The van der Waals surface area contributed by atoms with Crippen LogP contribution in [0.15, 0.2) is 54.6 Å². The normalized spacial score (nSPS) is 11.5. The molecule has 0 unspecified atom stereocenters. The van der Waals surface area contributed by atoms with E-state index >= 15 is 0 Å². The molecule has 1 heteroatoms. The zero-order valence-corrected chi connectivity index (χ0v) is 11.4. The van der Waals surface area contributed by atoms with Crippen LogP contribution in [-0.4, -0.2) is 5.54 Å². The van der Waals surface area contributed by atoms with Gasteiger partial charge in [-0.2, -0.15) is 0 Å². The van der Waals surface area contributed by atoms with Crippen LogP contribution < -0.4 is 5.32 Å². The molecule has 0 aliphatic rings. The highest BCUT2D eigenvalue weighted by molar-refractivity contribution is 5.63. The highest BCUT2D eigenvalue weighted by Gasteiger charge is 2.08. The van der Waals surface area contributed by atoms with E-state index in [4.69, 9.17) is 0 Å². The monoisotopic (exact) mass is 239 g/mol. The smallest absolute Gasteiger partial charge is 0.0210 e. The van der Waals surface area contributed by atoms with Gasteiger partial charge in [0.05, 0.1) is 0 Å². The van der Waals surface area contributed by atoms with Crippen molar-refractivity contribution in [1.29, 1.82) is 0 Å². The van der Waals surface area contributed by atoms with Crippen LogP contribution in [0.4, 0.5) is 0 Å². The maximum absolute atomic E-state index is 3.50. The summed E-state index contributed by atoms with van der Waals surface area (Å²) >= 11 is 0. The second-order valence-corrected chi connectivity index (χ2v) is 5.67. The van der Waals surface area contributed by atoms with Gasteiger partial charge in [-0.15, -0.1) is 0 Å². The largest absolute Gasteiger partial charge is 0.308 e. The summed E-state index contributed by atoms with van der Waals surface area (Å²) in [4.78, 5) is 0. The van der Waals surface area contributed by atoms with Crippen LogP contribution in [0.25, 0.3) is 11.1 Å². The summed E-state index contributed by atoms with van der Waals surface area (Å²) in [6.45, 7) is 7.47. The molecule has 18 heavy (non-hydrogen) atoms. The van der Waals surface area contributed by atoms with Gasteiger partial charge in [-0.25, -0.2) is 0 Å². The molecule has 0 saturated carbocycles. The predicted molar refractivity (Wildman–Crippen MR) is 78.5 cm³/mol. The van der Waals surface area contributed by atoms with Crippen molar-refractivity contribution in [1.82, 2.24) is 5.32 Å². The zero-order chi connectivity index (χ0) is 13.0. The fourth-order valence-electron chi connectivity index (χ4n) is 1.81. The predicted octanol–water partition coefficient (Wildman–Crippen LogP) is 4.24. The third kappa shape index (κ3) is 3.71. The highest BCUT2D eigenvalue weighted by Crippen LogP contribution is 2.19. The molecular weight excluding hydrogens is 218 g/mol. The van der Waals surface area contributed by atoms with Gasteiger partial charge in [-0.3, -0.25) is 0 Å². The topological polar surface area (TPSA) is 12.0 Å². The summed E-state index contributed by atoms with van der Waals surface area (Å²) in [6.07, 6.45) is 0.